The van der Waals surface area contributed by atoms with Gasteiger partial charge in [0.2, 0.25) is 0 Å². The molecule has 6 heteroatoms. The number of hydrogen-bond acceptors (Lipinski definition) is 4. The van der Waals surface area contributed by atoms with Crippen molar-refractivity contribution in [1.29, 1.82) is 0 Å². The van der Waals surface area contributed by atoms with Crippen LogP contribution < -0.4 is 14.5 Å². The first-order valence-electron chi connectivity index (χ1n) is 7.96. The van der Waals surface area contributed by atoms with Crippen LogP contribution in [0.1, 0.15) is 27.2 Å². The highest BCUT2D eigenvalue weighted by atomic mass is 16.5. The van der Waals surface area contributed by atoms with Crippen molar-refractivity contribution in [3.05, 3.63) is 18.2 Å². The van der Waals surface area contributed by atoms with Crippen LogP contribution in [0.3, 0.4) is 0 Å². The van der Waals surface area contributed by atoms with E-state index in [4.69, 9.17) is 9.84 Å². The molecule has 2 rings (SSSR count). The summed E-state index contributed by atoms with van der Waals surface area (Å²) < 4.78 is 5.55. The molecule has 0 fully saturated rings. The van der Waals surface area contributed by atoms with Crippen molar-refractivity contribution in [3.63, 3.8) is 0 Å². The number of fused-ring (bicyclic) bond motifs is 1. The Bertz CT molecular complexity index is 586. The Hall–Kier alpha value is -2.24. The molecule has 0 unspecified atom stereocenters. The quantitative estimate of drug-likeness (QED) is 0.835. The summed E-state index contributed by atoms with van der Waals surface area (Å²) in [7, 11) is 0. The zero-order valence-corrected chi connectivity index (χ0v) is 13.9. The summed E-state index contributed by atoms with van der Waals surface area (Å²) in [6.45, 7) is 7.98. The molecule has 1 heterocycles. The van der Waals surface area contributed by atoms with Gasteiger partial charge in [-0.25, -0.2) is 0 Å². The molecule has 1 N–H and O–H groups in total. The van der Waals surface area contributed by atoms with Crippen LogP contribution in [0.2, 0.25) is 0 Å². The molecule has 23 heavy (non-hydrogen) atoms. The van der Waals surface area contributed by atoms with Gasteiger partial charge in [-0.3, -0.25) is 9.59 Å². The number of aliphatic carboxylic acids is 1. The summed E-state index contributed by atoms with van der Waals surface area (Å²) >= 11 is 0. The minimum Gasteiger partial charge on any atom is -0.481 e. The van der Waals surface area contributed by atoms with E-state index in [0.717, 1.165) is 17.9 Å². The smallest absolute Gasteiger partial charge is 0.305 e. The van der Waals surface area contributed by atoms with Crippen molar-refractivity contribution >= 4 is 23.3 Å². The summed E-state index contributed by atoms with van der Waals surface area (Å²) in [4.78, 5) is 26.5. The van der Waals surface area contributed by atoms with Crippen molar-refractivity contribution in [2.45, 2.75) is 27.2 Å². The van der Waals surface area contributed by atoms with Crippen LogP contribution in [0, 0.1) is 5.92 Å². The van der Waals surface area contributed by atoms with Gasteiger partial charge in [0.1, 0.15) is 5.75 Å². The van der Waals surface area contributed by atoms with Crippen LogP contribution in [0.15, 0.2) is 18.2 Å². The van der Waals surface area contributed by atoms with Crippen LogP contribution in [-0.4, -0.2) is 43.2 Å². The number of carboxylic acid groups (broad SMARTS) is 1. The molecule has 1 aromatic rings. The van der Waals surface area contributed by atoms with Gasteiger partial charge < -0.3 is 19.6 Å². The molecule has 0 saturated heterocycles. The van der Waals surface area contributed by atoms with Gasteiger partial charge in [0.05, 0.1) is 12.1 Å². The van der Waals surface area contributed by atoms with Gasteiger partial charge in [-0.05, 0) is 25.0 Å². The Morgan fingerprint density at radius 3 is 2.78 bits per heavy atom. The third-order valence-corrected chi connectivity index (χ3v) is 3.75. The molecular formula is C17H24N2O4. The van der Waals surface area contributed by atoms with Crippen molar-refractivity contribution in [2.75, 3.05) is 36.0 Å². The Morgan fingerprint density at radius 1 is 1.43 bits per heavy atom. The average molecular weight is 320 g/mol. The van der Waals surface area contributed by atoms with Gasteiger partial charge in [0, 0.05) is 31.4 Å². The average Bonchev–Trinajstić information content (AvgIpc) is 2.50. The number of nitrogens with zero attached hydrogens (tertiary/aromatic N) is 2. The van der Waals surface area contributed by atoms with E-state index in [1.807, 2.05) is 25.1 Å². The number of rotatable bonds is 7. The molecule has 1 aromatic carbocycles. The number of hydrogen-bond donors (Lipinski definition) is 1. The number of anilines is 2. The molecule has 0 bridgehead atoms. The van der Waals surface area contributed by atoms with Crippen LogP contribution in [-0.2, 0) is 9.59 Å². The van der Waals surface area contributed by atoms with Gasteiger partial charge in [0.25, 0.3) is 5.91 Å². The zero-order chi connectivity index (χ0) is 17.0. The Morgan fingerprint density at radius 2 is 2.17 bits per heavy atom. The molecule has 0 radical (unpaired) electrons. The van der Waals surface area contributed by atoms with Gasteiger partial charge in [0.15, 0.2) is 6.61 Å². The fourth-order valence-corrected chi connectivity index (χ4v) is 2.73. The zero-order valence-electron chi connectivity index (χ0n) is 13.9. The predicted octanol–water partition coefficient (Wildman–Crippen LogP) is 2.37. The second kappa shape index (κ2) is 7.35. The molecule has 1 aliphatic heterocycles. The van der Waals surface area contributed by atoms with Gasteiger partial charge in [-0.15, -0.1) is 0 Å². The maximum Gasteiger partial charge on any atom is 0.305 e. The summed E-state index contributed by atoms with van der Waals surface area (Å²) in [5.41, 5.74) is 1.69. The molecule has 126 valence electrons. The van der Waals surface area contributed by atoms with E-state index < -0.39 is 5.97 Å². The Balaban J connectivity index is 2.26. The molecule has 0 saturated carbocycles. The fourth-order valence-electron chi connectivity index (χ4n) is 2.73. The van der Waals surface area contributed by atoms with Crippen LogP contribution >= 0.6 is 0 Å². The fraction of sp³-hybridized carbons (Fsp3) is 0.529. The lowest BCUT2D eigenvalue weighted by Gasteiger charge is -2.31. The number of ether oxygens (including phenoxy) is 1. The first kappa shape index (κ1) is 17.1. The van der Waals surface area contributed by atoms with E-state index in [1.165, 1.54) is 0 Å². The van der Waals surface area contributed by atoms with E-state index in [-0.39, 0.29) is 18.9 Å². The number of likely N-dealkylation sites (N-methyl/N-ethyl adjacent to an activating group) is 1. The maximum absolute atomic E-state index is 11.9. The normalized spacial score (nSPS) is 13.7. The molecule has 1 amide bonds. The lowest BCUT2D eigenvalue weighted by Crippen LogP contribution is -2.38. The molecule has 0 spiro atoms. The van der Waals surface area contributed by atoms with Crippen molar-refractivity contribution in [1.82, 2.24) is 0 Å². The molecular weight excluding hydrogens is 296 g/mol. The molecule has 0 aliphatic carbocycles. The second-order valence-corrected chi connectivity index (χ2v) is 6.06. The minimum atomic E-state index is -0.810. The highest BCUT2D eigenvalue weighted by Crippen LogP contribution is 2.35. The van der Waals surface area contributed by atoms with Crippen molar-refractivity contribution < 1.29 is 19.4 Å². The van der Waals surface area contributed by atoms with E-state index in [2.05, 4.69) is 18.7 Å². The van der Waals surface area contributed by atoms with Crippen LogP contribution in [0.5, 0.6) is 5.75 Å². The number of amides is 1. The van der Waals surface area contributed by atoms with E-state index >= 15 is 0 Å². The largest absolute Gasteiger partial charge is 0.481 e. The lowest BCUT2D eigenvalue weighted by atomic mass is 10.1. The van der Waals surface area contributed by atoms with Crippen LogP contribution in [0.4, 0.5) is 11.4 Å². The maximum atomic E-state index is 11.9. The van der Waals surface area contributed by atoms with Gasteiger partial charge in [-0.1, -0.05) is 13.8 Å². The summed E-state index contributed by atoms with van der Waals surface area (Å²) in [5.74, 6) is 0.232. The van der Waals surface area contributed by atoms with E-state index in [9.17, 15) is 9.59 Å². The summed E-state index contributed by atoms with van der Waals surface area (Å²) in [6.07, 6.45) is 0.0875. The Kier molecular flexibility index (Phi) is 5.47. The first-order chi connectivity index (χ1) is 10.9. The number of carboxylic acids is 1. The number of carbonyl (C=O) groups is 2. The third kappa shape index (κ3) is 4.15. The molecule has 6 nitrogen and oxygen atoms in total. The first-order valence-corrected chi connectivity index (χ1v) is 7.96. The topological polar surface area (TPSA) is 70.1 Å². The minimum absolute atomic E-state index is 0.0438. The highest BCUT2D eigenvalue weighted by Gasteiger charge is 2.25. The summed E-state index contributed by atoms with van der Waals surface area (Å²) in [6, 6.07) is 5.70. The van der Waals surface area contributed by atoms with E-state index in [0.29, 0.717) is 24.8 Å². The van der Waals surface area contributed by atoms with Gasteiger partial charge >= 0.3 is 5.97 Å². The second-order valence-electron chi connectivity index (χ2n) is 6.06. The lowest BCUT2D eigenvalue weighted by molar-refractivity contribution is -0.136. The number of benzene rings is 1. The third-order valence-electron chi connectivity index (χ3n) is 3.75. The van der Waals surface area contributed by atoms with Gasteiger partial charge in [-0.2, -0.15) is 0 Å². The van der Waals surface area contributed by atoms with Crippen LogP contribution in [0.25, 0.3) is 0 Å². The predicted molar refractivity (Wildman–Crippen MR) is 89.3 cm³/mol. The Labute approximate surface area is 136 Å². The van der Waals surface area contributed by atoms with Crippen molar-refractivity contribution in [3.8, 4) is 5.75 Å². The SMILES string of the molecule is CCN1C(=O)COc2cc(N(CCC(=O)O)CC(C)C)ccc21. The monoisotopic (exact) mass is 320 g/mol. The standard InChI is InChI=1S/C17H24N2O4/c1-4-19-14-6-5-13(9-15(14)23-11-16(19)20)18(10-12(2)3)8-7-17(21)22/h5-6,9,12H,4,7-8,10-11H2,1-3H3,(H,21,22). The van der Waals surface area contributed by atoms with Crippen molar-refractivity contribution in [2.24, 2.45) is 5.92 Å². The molecule has 1 aliphatic rings. The summed E-state index contributed by atoms with van der Waals surface area (Å²) in [5, 5.41) is 8.94. The molecule has 0 aromatic heterocycles. The van der Waals surface area contributed by atoms with E-state index in [1.54, 1.807) is 4.90 Å². The highest BCUT2D eigenvalue weighted by molar-refractivity contribution is 5.98. The molecule has 0 atom stereocenters. The number of carbonyl (C=O) groups excluding carboxylic acids is 1.